The lowest BCUT2D eigenvalue weighted by Gasteiger charge is -2.39. The Morgan fingerprint density at radius 3 is 2.50 bits per heavy atom. The molecule has 3 aromatic carbocycles. The molecule has 0 amide bonds. The van der Waals surface area contributed by atoms with Crippen molar-refractivity contribution in [2.24, 2.45) is 0 Å². The lowest BCUT2D eigenvalue weighted by atomic mass is 9.84. The quantitative estimate of drug-likeness (QED) is 0.325. The fraction of sp³-hybridized carbons (Fsp3) is 0.154. The van der Waals surface area contributed by atoms with Crippen molar-refractivity contribution in [3.05, 3.63) is 105 Å². The zero-order valence-electron chi connectivity index (χ0n) is 18.4. The first kappa shape index (κ1) is 21.3. The van der Waals surface area contributed by atoms with E-state index in [9.17, 15) is 4.39 Å². The number of aryl methyl sites for hydroxylation is 1. The Morgan fingerprint density at radius 2 is 1.76 bits per heavy atom. The highest BCUT2D eigenvalue weighted by Crippen LogP contribution is 2.51. The van der Waals surface area contributed by atoms with Gasteiger partial charge in [-0.05, 0) is 54.6 Å². The van der Waals surface area contributed by atoms with E-state index in [1.807, 2.05) is 29.1 Å². The zero-order valence-corrected chi connectivity index (χ0v) is 20.0. The molecule has 1 aromatic heterocycles. The van der Waals surface area contributed by atoms with Gasteiger partial charge in [-0.15, -0.1) is 5.10 Å². The fourth-order valence-electron chi connectivity index (χ4n) is 4.55. The molecule has 4 aromatic rings. The van der Waals surface area contributed by atoms with Gasteiger partial charge in [-0.1, -0.05) is 65.3 Å². The van der Waals surface area contributed by atoms with Gasteiger partial charge in [-0.2, -0.15) is 4.98 Å². The molecule has 0 spiro atoms. The molecule has 5 nitrogen and oxygen atoms in total. The molecule has 0 fully saturated rings. The molecule has 3 heterocycles. The largest absolute Gasteiger partial charge is 0.480 e. The summed E-state index contributed by atoms with van der Waals surface area (Å²) in [6.45, 7) is 2.06. The number of rotatable bonds is 3. The number of hydrogen-bond acceptors (Lipinski definition) is 5. The molecule has 0 aliphatic carbocycles. The molecule has 8 heteroatoms. The van der Waals surface area contributed by atoms with E-state index >= 15 is 0 Å². The van der Waals surface area contributed by atoms with Crippen molar-refractivity contribution in [3.63, 3.8) is 0 Å². The summed E-state index contributed by atoms with van der Waals surface area (Å²) in [5, 5.41) is 9.57. The van der Waals surface area contributed by atoms with Crippen molar-refractivity contribution in [1.29, 1.82) is 0 Å². The Hall–Kier alpha value is -3.29. The van der Waals surface area contributed by atoms with Crippen LogP contribution < -0.4 is 10.1 Å². The number of halogens is 2. The molecule has 2 aliphatic heterocycles. The van der Waals surface area contributed by atoms with Crippen LogP contribution in [0.2, 0.25) is 5.02 Å². The number of ether oxygens (including phenoxy) is 1. The second-order valence-corrected chi connectivity index (χ2v) is 9.53. The third kappa shape index (κ3) is 3.47. The second-order valence-electron chi connectivity index (χ2n) is 8.33. The van der Waals surface area contributed by atoms with E-state index in [-0.39, 0.29) is 11.9 Å². The SMILES string of the molecule is CSc1nc2n(n1)[C@H](c1ccc(C)cc1)C1=C(N2)c2cc(Cl)ccc2O[C@H]1c1ccc(F)cc1. The number of nitrogens with zero attached hydrogens (tertiary/aromatic N) is 3. The standard InChI is InChI=1S/C26H20ClFN4OS/c1-14-3-5-15(6-4-14)23-21-22(29-25-30-26(34-2)31-32(23)25)19-13-17(27)9-12-20(19)33-24(21)16-7-10-18(28)11-8-16/h3-13,23-24H,1-2H3,(H,29,30,31)/t23-,24+/m1/s1. The molecule has 0 bridgehead atoms. The molecule has 2 aliphatic rings. The predicted octanol–water partition coefficient (Wildman–Crippen LogP) is 6.66. The lowest BCUT2D eigenvalue weighted by molar-refractivity contribution is 0.223. The van der Waals surface area contributed by atoms with Gasteiger partial charge < -0.3 is 10.1 Å². The van der Waals surface area contributed by atoms with E-state index in [2.05, 4.69) is 36.5 Å². The highest BCUT2D eigenvalue weighted by atomic mass is 35.5. The Balaban J connectivity index is 1.63. The van der Waals surface area contributed by atoms with E-state index in [4.69, 9.17) is 26.4 Å². The smallest absolute Gasteiger partial charge is 0.227 e. The van der Waals surface area contributed by atoms with Crippen LogP contribution >= 0.6 is 23.4 Å². The number of benzene rings is 3. The van der Waals surface area contributed by atoms with Crippen LogP contribution in [0.3, 0.4) is 0 Å². The van der Waals surface area contributed by atoms with Gasteiger partial charge in [-0.3, -0.25) is 0 Å². The van der Waals surface area contributed by atoms with Crippen molar-refractivity contribution >= 4 is 35.0 Å². The first-order chi connectivity index (χ1) is 16.5. The van der Waals surface area contributed by atoms with Crippen molar-refractivity contribution in [2.45, 2.75) is 24.2 Å². The van der Waals surface area contributed by atoms with E-state index in [1.54, 1.807) is 12.1 Å². The zero-order chi connectivity index (χ0) is 23.4. The Kier molecular flexibility index (Phi) is 5.12. The van der Waals surface area contributed by atoms with E-state index in [1.165, 1.54) is 29.5 Å². The molecule has 6 rings (SSSR count). The summed E-state index contributed by atoms with van der Waals surface area (Å²) in [6.07, 6.45) is 1.49. The Bertz CT molecular complexity index is 1430. The number of aromatic nitrogens is 3. The van der Waals surface area contributed by atoms with E-state index in [0.717, 1.165) is 28.0 Å². The van der Waals surface area contributed by atoms with Crippen molar-refractivity contribution in [3.8, 4) is 5.75 Å². The van der Waals surface area contributed by atoms with Crippen LogP contribution in [0.1, 0.15) is 34.4 Å². The summed E-state index contributed by atoms with van der Waals surface area (Å²) in [4.78, 5) is 4.70. The number of fused-ring (bicyclic) bond motifs is 3. The summed E-state index contributed by atoms with van der Waals surface area (Å²) in [5.41, 5.74) is 5.79. The molecule has 0 unspecified atom stereocenters. The first-order valence-corrected chi connectivity index (χ1v) is 12.4. The maximum absolute atomic E-state index is 13.8. The maximum atomic E-state index is 13.8. The Morgan fingerprint density at radius 1 is 1.03 bits per heavy atom. The summed E-state index contributed by atoms with van der Waals surface area (Å²) in [6, 6.07) is 20.1. The lowest BCUT2D eigenvalue weighted by Crippen LogP contribution is -2.32. The van der Waals surface area contributed by atoms with Gasteiger partial charge in [-0.25, -0.2) is 9.07 Å². The number of nitrogens with one attached hydrogen (secondary N) is 1. The first-order valence-electron chi connectivity index (χ1n) is 10.8. The molecule has 2 atom stereocenters. The van der Waals surface area contributed by atoms with Crippen LogP contribution in [0.15, 0.2) is 77.5 Å². The normalized spacial score (nSPS) is 18.5. The molecule has 34 heavy (non-hydrogen) atoms. The monoisotopic (exact) mass is 490 g/mol. The molecular formula is C26H20ClFN4OS. The topological polar surface area (TPSA) is 52.0 Å². The van der Waals surface area contributed by atoms with E-state index in [0.29, 0.717) is 21.9 Å². The minimum Gasteiger partial charge on any atom is -0.480 e. The average Bonchev–Trinajstić information content (AvgIpc) is 3.27. The minimum absolute atomic E-state index is 0.276. The van der Waals surface area contributed by atoms with Crippen LogP contribution in [0.4, 0.5) is 10.3 Å². The van der Waals surface area contributed by atoms with Gasteiger partial charge in [0.2, 0.25) is 11.1 Å². The molecule has 0 saturated heterocycles. The molecule has 170 valence electrons. The van der Waals surface area contributed by atoms with Crippen LogP contribution in [-0.4, -0.2) is 21.0 Å². The van der Waals surface area contributed by atoms with Crippen LogP contribution in [0.25, 0.3) is 5.70 Å². The molecule has 1 N–H and O–H groups in total. The second kappa shape index (κ2) is 8.18. The summed E-state index contributed by atoms with van der Waals surface area (Å²) >= 11 is 7.88. The highest BCUT2D eigenvalue weighted by molar-refractivity contribution is 7.98. The summed E-state index contributed by atoms with van der Waals surface area (Å²) in [7, 11) is 0. The van der Waals surface area contributed by atoms with Crippen molar-refractivity contribution in [1.82, 2.24) is 14.8 Å². The van der Waals surface area contributed by atoms with Crippen LogP contribution in [0.5, 0.6) is 5.75 Å². The van der Waals surface area contributed by atoms with Gasteiger partial charge in [0, 0.05) is 16.2 Å². The molecule has 0 saturated carbocycles. The number of anilines is 1. The number of thioether (sulfide) groups is 1. The van der Waals surface area contributed by atoms with Gasteiger partial charge in [0.25, 0.3) is 0 Å². The van der Waals surface area contributed by atoms with Crippen molar-refractivity contribution < 1.29 is 9.13 Å². The summed E-state index contributed by atoms with van der Waals surface area (Å²) < 4.78 is 22.3. The van der Waals surface area contributed by atoms with Crippen LogP contribution in [0, 0.1) is 12.7 Å². The summed E-state index contributed by atoms with van der Waals surface area (Å²) in [5.74, 6) is 1.06. The van der Waals surface area contributed by atoms with Gasteiger partial charge in [0.05, 0.1) is 5.70 Å². The third-order valence-corrected chi connectivity index (χ3v) is 6.94. The Labute approximate surface area is 205 Å². The number of hydrogen-bond donors (Lipinski definition) is 1. The highest BCUT2D eigenvalue weighted by Gasteiger charge is 2.41. The third-order valence-electron chi connectivity index (χ3n) is 6.16. The van der Waals surface area contributed by atoms with Crippen molar-refractivity contribution in [2.75, 3.05) is 11.6 Å². The molecule has 0 radical (unpaired) electrons. The van der Waals surface area contributed by atoms with Gasteiger partial charge in [0.1, 0.15) is 23.7 Å². The van der Waals surface area contributed by atoms with Gasteiger partial charge in [0.15, 0.2) is 0 Å². The van der Waals surface area contributed by atoms with Crippen LogP contribution in [-0.2, 0) is 0 Å². The van der Waals surface area contributed by atoms with E-state index < -0.39 is 6.10 Å². The molecular weight excluding hydrogens is 471 g/mol. The fourth-order valence-corrected chi connectivity index (χ4v) is 5.07. The minimum atomic E-state index is -0.460. The predicted molar refractivity (Wildman–Crippen MR) is 133 cm³/mol. The maximum Gasteiger partial charge on any atom is 0.227 e. The van der Waals surface area contributed by atoms with Gasteiger partial charge >= 0.3 is 0 Å². The average molecular weight is 491 g/mol.